The van der Waals surface area contributed by atoms with Gasteiger partial charge in [0.15, 0.2) is 5.69 Å². The average molecular weight is 411 g/mol. The van der Waals surface area contributed by atoms with E-state index in [-0.39, 0.29) is 18.4 Å². The molecule has 1 aromatic carbocycles. The molecule has 1 aliphatic rings. The van der Waals surface area contributed by atoms with Gasteiger partial charge in [-0.1, -0.05) is 18.2 Å². The van der Waals surface area contributed by atoms with Crippen LogP contribution in [0.5, 0.6) is 5.88 Å². The van der Waals surface area contributed by atoms with Crippen LogP contribution in [0.3, 0.4) is 0 Å². The Balaban J connectivity index is 1.55. The summed E-state index contributed by atoms with van der Waals surface area (Å²) in [6.45, 7) is 13.9. The average Bonchev–Trinajstić information content (AvgIpc) is 3.14. The van der Waals surface area contributed by atoms with Crippen molar-refractivity contribution in [3.8, 4) is 5.88 Å². The van der Waals surface area contributed by atoms with E-state index >= 15 is 0 Å². The molecule has 1 unspecified atom stereocenters. The molecule has 0 radical (unpaired) electrons. The number of likely N-dealkylation sites (tertiary alicyclic amines) is 1. The van der Waals surface area contributed by atoms with E-state index in [0.717, 1.165) is 18.5 Å². The number of benzene rings is 1. The van der Waals surface area contributed by atoms with Gasteiger partial charge in [-0.2, -0.15) is 0 Å². The molecule has 0 N–H and O–H groups in total. The van der Waals surface area contributed by atoms with Crippen LogP contribution in [0.1, 0.15) is 38.4 Å². The zero-order chi connectivity index (χ0) is 21.7. The van der Waals surface area contributed by atoms with Crippen LogP contribution in [0, 0.1) is 18.3 Å². The lowest BCUT2D eigenvalue weighted by atomic mass is 10.0. The van der Waals surface area contributed by atoms with Crippen LogP contribution < -0.4 is 4.74 Å². The fraction of sp³-hybridized carbons (Fsp3) is 0.435. The van der Waals surface area contributed by atoms with Gasteiger partial charge in [-0.25, -0.2) is 19.0 Å². The van der Waals surface area contributed by atoms with E-state index < -0.39 is 11.4 Å². The molecule has 0 spiro atoms. The molecular formula is C23H26FN3O3. The van der Waals surface area contributed by atoms with Crippen molar-refractivity contribution >= 4 is 11.8 Å². The van der Waals surface area contributed by atoms with Crippen LogP contribution in [0.25, 0.3) is 4.85 Å². The summed E-state index contributed by atoms with van der Waals surface area (Å²) < 4.78 is 25.1. The molecule has 7 heteroatoms. The standard InChI is InChI=1S/C23H26FN3O3/c1-23(2,3)30-22(28)27-11-10-16(14-27)12-19-6-5-7-21(26-19)29-15-17-8-9-18(25-4)13-20(17)24/h5-9,13,16H,10-12,14-15H2,1-3H3. The maximum Gasteiger partial charge on any atom is 0.410 e. The Morgan fingerprint density at radius 1 is 1.33 bits per heavy atom. The Morgan fingerprint density at radius 2 is 2.13 bits per heavy atom. The molecule has 30 heavy (non-hydrogen) atoms. The van der Waals surface area contributed by atoms with Crippen LogP contribution in [-0.2, 0) is 17.8 Å². The number of hydrogen-bond donors (Lipinski definition) is 0. The Bertz CT molecular complexity index is 949. The molecule has 1 amide bonds. The molecule has 1 fully saturated rings. The van der Waals surface area contributed by atoms with Crippen molar-refractivity contribution in [1.29, 1.82) is 0 Å². The molecule has 1 aliphatic heterocycles. The van der Waals surface area contributed by atoms with Crippen LogP contribution in [-0.4, -0.2) is 34.7 Å². The van der Waals surface area contributed by atoms with Crippen molar-refractivity contribution in [2.24, 2.45) is 5.92 Å². The van der Waals surface area contributed by atoms with E-state index in [1.807, 2.05) is 32.9 Å². The van der Waals surface area contributed by atoms with Crippen molar-refractivity contribution in [3.63, 3.8) is 0 Å². The SMILES string of the molecule is [C-]#[N+]c1ccc(COc2cccc(CC3CCN(C(=O)OC(C)(C)C)C3)n2)c(F)c1. The van der Waals surface area contributed by atoms with Gasteiger partial charge in [-0.05, 0) is 51.7 Å². The zero-order valence-corrected chi connectivity index (χ0v) is 17.5. The van der Waals surface area contributed by atoms with Gasteiger partial charge in [0.1, 0.15) is 18.0 Å². The lowest BCUT2D eigenvalue weighted by molar-refractivity contribution is 0.0288. The predicted octanol–water partition coefficient (Wildman–Crippen LogP) is 5.15. The maximum absolute atomic E-state index is 14.0. The number of aromatic nitrogens is 1. The third-order valence-electron chi connectivity index (χ3n) is 4.76. The largest absolute Gasteiger partial charge is 0.473 e. The summed E-state index contributed by atoms with van der Waals surface area (Å²) in [5.41, 5.74) is 0.997. The number of rotatable bonds is 5. The predicted molar refractivity (Wildman–Crippen MR) is 111 cm³/mol. The van der Waals surface area contributed by atoms with Gasteiger partial charge in [0.25, 0.3) is 0 Å². The second-order valence-electron chi connectivity index (χ2n) is 8.43. The Kier molecular flexibility index (Phi) is 6.56. The van der Waals surface area contributed by atoms with Crippen LogP contribution in [0.2, 0.25) is 0 Å². The topological polar surface area (TPSA) is 56.0 Å². The Labute approximate surface area is 176 Å². The van der Waals surface area contributed by atoms with E-state index in [0.29, 0.717) is 30.5 Å². The van der Waals surface area contributed by atoms with Gasteiger partial charge in [0.05, 0.1) is 6.57 Å². The van der Waals surface area contributed by atoms with Crippen molar-refractivity contribution in [3.05, 3.63) is 64.9 Å². The fourth-order valence-electron chi connectivity index (χ4n) is 3.31. The highest BCUT2D eigenvalue weighted by atomic mass is 19.1. The minimum absolute atomic E-state index is 0.0381. The highest BCUT2D eigenvalue weighted by Crippen LogP contribution is 2.24. The van der Waals surface area contributed by atoms with Gasteiger partial charge in [-0.3, -0.25) is 0 Å². The van der Waals surface area contributed by atoms with Crippen LogP contribution in [0.15, 0.2) is 36.4 Å². The van der Waals surface area contributed by atoms with Gasteiger partial charge >= 0.3 is 6.09 Å². The quantitative estimate of drug-likeness (QED) is 0.639. The highest BCUT2D eigenvalue weighted by Gasteiger charge is 2.30. The van der Waals surface area contributed by atoms with E-state index in [4.69, 9.17) is 16.0 Å². The first-order valence-electron chi connectivity index (χ1n) is 9.96. The van der Waals surface area contributed by atoms with Gasteiger partial charge in [0.2, 0.25) is 5.88 Å². The van der Waals surface area contributed by atoms with E-state index in [9.17, 15) is 9.18 Å². The number of amides is 1. The van der Waals surface area contributed by atoms with E-state index in [1.165, 1.54) is 6.07 Å². The number of ether oxygens (including phenoxy) is 2. The first kappa shape index (κ1) is 21.6. The van der Waals surface area contributed by atoms with Gasteiger partial charge < -0.3 is 14.4 Å². The van der Waals surface area contributed by atoms with Crippen molar-refractivity contribution < 1.29 is 18.7 Å². The zero-order valence-electron chi connectivity index (χ0n) is 17.5. The first-order valence-corrected chi connectivity index (χ1v) is 9.96. The molecule has 0 saturated carbocycles. The molecule has 158 valence electrons. The lowest BCUT2D eigenvalue weighted by Crippen LogP contribution is -2.35. The molecule has 2 aromatic rings. The van der Waals surface area contributed by atoms with E-state index in [2.05, 4.69) is 9.83 Å². The third-order valence-corrected chi connectivity index (χ3v) is 4.76. The van der Waals surface area contributed by atoms with Crippen molar-refractivity contribution in [1.82, 2.24) is 9.88 Å². The van der Waals surface area contributed by atoms with Crippen LogP contribution >= 0.6 is 0 Å². The molecule has 0 aliphatic carbocycles. The summed E-state index contributed by atoms with van der Waals surface area (Å²) >= 11 is 0. The van der Waals surface area contributed by atoms with Crippen molar-refractivity contribution in [2.45, 2.75) is 45.8 Å². The summed E-state index contributed by atoms with van der Waals surface area (Å²) in [5, 5.41) is 0. The molecule has 3 rings (SSSR count). The fourth-order valence-corrected chi connectivity index (χ4v) is 3.31. The third kappa shape index (κ3) is 5.93. The van der Waals surface area contributed by atoms with Crippen LogP contribution in [0.4, 0.5) is 14.9 Å². The van der Waals surface area contributed by atoms with Gasteiger partial charge in [0, 0.05) is 30.4 Å². The number of halogens is 1. The highest BCUT2D eigenvalue weighted by molar-refractivity contribution is 5.68. The molecule has 0 bridgehead atoms. The summed E-state index contributed by atoms with van der Waals surface area (Å²) in [6.07, 6.45) is 1.34. The number of pyridine rings is 1. The Hall–Kier alpha value is -3.14. The monoisotopic (exact) mass is 411 g/mol. The summed E-state index contributed by atoms with van der Waals surface area (Å²) in [5.74, 6) is 0.259. The molecule has 2 heterocycles. The second kappa shape index (κ2) is 9.12. The van der Waals surface area contributed by atoms with Gasteiger partial charge in [-0.15, -0.1) is 0 Å². The molecular weight excluding hydrogens is 385 g/mol. The molecule has 6 nitrogen and oxygen atoms in total. The molecule has 1 aromatic heterocycles. The minimum atomic E-state index is -0.502. The summed E-state index contributed by atoms with van der Waals surface area (Å²) in [4.78, 5) is 21.7. The first-order chi connectivity index (χ1) is 14.2. The van der Waals surface area contributed by atoms with Crippen molar-refractivity contribution in [2.75, 3.05) is 13.1 Å². The smallest absolute Gasteiger partial charge is 0.410 e. The minimum Gasteiger partial charge on any atom is -0.473 e. The summed E-state index contributed by atoms with van der Waals surface area (Å²) in [7, 11) is 0. The molecule has 1 atom stereocenters. The summed E-state index contributed by atoms with van der Waals surface area (Å²) in [6, 6.07) is 9.83. The number of carbonyl (C=O) groups is 1. The number of carbonyl (C=O) groups excluding carboxylic acids is 1. The Morgan fingerprint density at radius 3 is 2.83 bits per heavy atom. The second-order valence-corrected chi connectivity index (χ2v) is 8.43. The normalized spacial score (nSPS) is 16.2. The van der Waals surface area contributed by atoms with E-state index in [1.54, 1.807) is 23.1 Å². The lowest BCUT2D eigenvalue weighted by Gasteiger charge is -2.24. The maximum atomic E-state index is 14.0. The molecule has 1 saturated heterocycles. The number of nitrogens with zero attached hydrogens (tertiary/aromatic N) is 3. The number of hydrogen-bond acceptors (Lipinski definition) is 4.